The molecule has 0 aliphatic rings. The number of aliphatic imine (C=N–C) groups is 1. The Morgan fingerprint density at radius 2 is 2.05 bits per heavy atom. The Morgan fingerprint density at radius 3 is 2.64 bits per heavy atom. The van der Waals surface area contributed by atoms with Crippen molar-refractivity contribution in [2.45, 2.75) is 32.9 Å². The highest BCUT2D eigenvalue weighted by molar-refractivity contribution is 7.49. The quantitative estimate of drug-likeness (QED) is 0.387. The standard InChI is InChI=1S/C17H28N3OP/c1-4-6-7-17(19-3)12-13-20-22(21-5-2)14-15-8-10-16(18)11-9-15/h6-11,20H,4-5,12-14,18H2,1-3H3/b7-6-,19-17?. The summed E-state index contributed by atoms with van der Waals surface area (Å²) >= 11 is 0. The third-order valence-corrected chi connectivity index (χ3v) is 4.89. The fourth-order valence-electron chi connectivity index (χ4n) is 1.92. The van der Waals surface area contributed by atoms with Crippen molar-refractivity contribution in [3.63, 3.8) is 0 Å². The zero-order valence-electron chi connectivity index (χ0n) is 13.9. The number of nitrogens with one attached hydrogen (secondary N) is 1. The summed E-state index contributed by atoms with van der Waals surface area (Å²) in [6.07, 6.45) is 7.09. The highest BCUT2D eigenvalue weighted by Crippen LogP contribution is 2.36. The second-order valence-electron chi connectivity index (χ2n) is 4.88. The van der Waals surface area contributed by atoms with Gasteiger partial charge in [0.1, 0.15) is 8.30 Å². The minimum Gasteiger partial charge on any atom is -0.399 e. The molecule has 122 valence electrons. The maximum atomic E-state index is 5.84. The molecule has 3 N–H and O–H groups in total. The van der Waals surface area contributed by atoms with Crippen LogP contribution >= 0.6 is 8.30 Å². The van der Waals surface area contributed by atoms with Crippen LogP contribution in [-0.2, 0) is 10.7 Å². The predicted molar refractivity (Wildman–Crippen MR) is 98.5 cm³/mol. The summed E-state index contributed by atoms with van der Waals surface area (Å²) in [6, 6.07) is 8.00. The van der Waals surface area contributed by atoms with Crippen molar-refractivity contribution < 1.29 is 4.52 Å². The second-order valence-corrected chi connectivity index (χ2v) is 6.53. The molecule has 1 atom stereocenters. The van der Waals surface area contributed by atoms with Crippen molar-refractivity contribution in [2.24, 2.45) is 4.99 Å². The van der Waals surface area contributed by atoms with Gasteiger partial charge < -0.3 is 10.3 Å². The van der Waals surface area contributed by atoms with Crippen molar-refractivity contribution in [2.75, 3.05) is 25.9 Å². The van der Waals surface area contributed by atoms with Gasteiger partial charge in [-0.3, -0.25) is 10.1 Å². The second kappa shape index (κ2) is 11.4. The van der Waals surface area contributed by atoms with E-state index in [4.69, 9.17) is 10.3 Å². The lowest BCUT2D eigenvalue weighted by Crippen LogP contribution is -2.15. The van der Waals surface area contributed by atoms with Crippen molar-refractivity contribution in [1.29, 1.82) is 0 Å². The van der Waals surface area contributed by atoms with Gasteiger partial charge in [-0.25, -0.2) is 0 Å². The molecule has 1 aromatic carbocycles. The van der Waals surface area contributed by atoms with Gasteiger partial charge in [-0.1, -0.05) is 25.1 Å². The molecule has 1 unspecified atom stereocenters. The van der Waals surface area contributed by atoms with Gasteiger partial charge in [0.2, 0.25) is 0 Å². The Balaban J connectivity index is 2.46. The summed E-state index contributed by atoms with van der Waals surface area (Å²) in [6.45, 7) is 5.76. The van der Waals surface area contributed by atoms with E-state index >= 15 is 0 Å². The Morgan fingerprint density at radius 1 is 1.32 bits per heavy atom. The lowest BCUT2D eigenvalue weighted by Gasteiger charge is -2.18. The highest BCUT2D eigenvalue weighted by atomic mass is 31.2. The van der Waals surface area contributed by atoms with Crippen molar-refractivity contribution in [3.05, 3.63) is 42.0 Å². The molecule has 5 heteroatoms. The third-order valence-electron chi connectivity index (χ3n) is 3.09. The molecular formula is C17H28N3OP. The summed E-state index contributed by atoms with van der Waals surface area (Å²) in [5.74, 6) is 0. The number of nitrogens with two attached hydrogens (primary N) is 1. The Bertz CT molecular complexity index is 471. The maximum absolute atomic E-state index is 5.84. The smallest absolute Gasteiger partial charge is 0.106 e. The number of allylic oxidation sites excluding steroid dienone is 2. The van der Waals surface area contributed by atoms with Crippen LogP contribution < -0.4 is 10.8 Å². The molecule has 0 spiro atoms. The normalized spacial score (nSPS) is 13.7. The van der Waals surface area contributed by atoms with Crippen LogP contribution in [0.5, 0.6) is 0 Å². The van der Waals surface area contributed by atoms with Gasteiger partial charge in [-0.2, -0.15) is 0 Å². The number of hydrogen-bond donors (Lipinski definition) is 2. The van der Waals surface area contributed by atoms with E-state index in [1.54, 1.807) is 0 Å². The first-order chi connectivity index (χ1) is 10.7. The van der Waals surface area contributed by atoms with E-state index in [1.165, 1.54) is 5.56 Å². The van der Waals surface area contributed by atoms with Gasteiger partial charge in [0.15, 0.2) is 0 Å². The molecule has 22 heavy (non-hydrogen) atoms. The number of rotatable bonds is 10. The molecule has 0 heterocycles. The monoisotopic (exact) mass is 321 g/mol. The van der Waals surface area contributed by atoms with Crippen molar-refractivity contribution in [1.82, 2.24) is 5.09 Å². The number of nitrogen functional groups attached to an aromatic ring is 1. The van der Waals surface area contributed by atoms with Crippen molar-refractivity contribution >= 4 is 19.7 Å². The fourth-order valence-corrected chi connectivity index (χ4v) is 3.43. The molecule has 0 aromatic heterocycles. The first-order valence-corrected chi connectivity index (χ1v) is 9.24. The summed E-state index contributed by atoms with van der Waals surface area (Å²) in [5, 5.41) is 3.52. The maximum Gasteiger partial charge on any atom is 0.106 e. The lowest BCUT2D eigenvalue weighted by molar-refractivity contribution is 0.370. The predicted octanol–water partition coefficient (Wildman–Crippen LogP) is 4.13. The number of hydrogen-bond acceptors (Lipinski definition) is 4. The minimum absolute atomic E-state index is 0.665. The first kappa shape index (κ1) is 18.8. The number of anilines is 1. The van der Waals surface area contributed by atoms with Crippen LogP contribution in [0.3, 0.4) is 0 Å². The first-order valence-electron chi connectivity index (χ1n) is 7.80. The Kier molecular flexibility index (Phi) is 9.72. The number of benzene rings is 1. The zero-order chi connectivity index (χ0) is 16.2. The van der Waals surface area contributed by atoms with Gasteiger partial charge in [0.25, 0.3) is 0 Å². The molecule has 0 fully saturated rings. The minimum atomic E-state index is -0.665. The molecular weight excluding hydrogens is 293 g/mol. The average Bonchev–Trinajstić information content (AvgIpc) is 2.53. The fraction of sp³-hybridized carbons (Fsp3) is 0.471. The van der Waals surface area contributed by atoms with Gasteiger partial charge in [0.05, 0.1) is 0 Å². The molecule has 0 saturated carbocycles. The van der Waals surface area contributed by atoms with E-state index in [0.717, 1.165) is 43.6 Å². The third kappa shape index (κ3) is 7.69. The molecule has 1 aromatic rings. The molecule has 0 aliphatic carbocycles. The van der Waals surface area contributed by atoms with Crippen LogP contribution in [-0.4, -0.2) is 25.9 Å². The van der Waals surface area contributed by atoms with Gasteiger partial charge in [-0.15, -0.1) is 0 Å². The van der Waals surface area contributed by atoms with Gasteiger partial charge in [0, 0.05) is 44.2 Å². The van der Waals surface area contributed by atoms with E-state index in [1.807, 2.05) is 26.1 Å². The topological polar surface area (TPSA) is 59.6 Å². The molecule has 0 radical (unpaired) electrons. The summed E-state index contributed by atoms with van der Waals surface area (Å²) in [4.78, 5) is 4.30. The summed E-state index contributed by atoms with van der Waals surface area (Å²) < 4.78 is 5.84. The average molecular weight is 321 g/mol. The van der Waals surface area contributed by atoms with Gasteiger partial charge in [-0.05, 0) is 37.1 Å². The van der Waals surface area contributed by atoms with E-state index in [0.29, 0.717) is 0 Å². The van der Waals surface area contributed by atoms with Crippen LogP contribution in [0.25, 0.3) is 0 Å². The van der Waals surface area contributed by atoms with E-state index in [2.05, 4.69) is 41.3 Å². The molecule has 1 rings (SSSR count). The van der Waals surface area contributed by atoms with Crippen LogP contribution in [0.1, 0.15) is 32.3 Å². The molecule has 0 bridgehead atoms. The van der Waals surface area contributed by atoms with Crippen LogP contribution in [0.15, 0.2) is 41.4 Å². The summed E-state index contributed by atoms with van der Waals surface area (Å²) in [5.41, 5.74) is 8.88. The molecule has 0 saturated heterocycles. The Hall–Kier alpha value is -1.22. The van der Waals surface area contributed by atoms with Crippen LogP contribution in [0, 0.1) is 0 Å². The molecule has 0 amide bonds. The largest absolute Gasteiger partial charge is 0.399 e. The van der Waals surface area contributed by atoms with E-state index in [-0.39, 0.29) is 0 Å². The number of nitrogens with zero attached hydrogens (tertiary/aromatic N) is 1. The highest BCUT2D eigenvalue weighted by Gasteiger charge is 2.09. The van der Waals surface area contributed by atoms with Gasteiger partial charge >= 0.3 is 0 Å². The lowest BCUT2D eigenvalue weighted by atomic mass is 10.2. The van der Waals surface area contributed by atoms with E-state index < -0.39 is 8.30 Å². The van der Waals surface area contributed by atoms with Crippen molar-refractivity contribution in [3.8, 4) is 0 Å². The molecule has 0 aliphatic heterocycles. The van der Waals surface area contributed by atoms with E-state index in [9.17, 15) is 0 Å². The SMILES string of the molecule is CC/C=C\C(CCNP(Cc1ccc(N)cc1)OCC)=NC. The summed E-state index contributed by atoms with van der Waals surface area (Å²) in [7, 11) is 1.18. The van der Waals surface area contributed by atoms with Crippen LogP contribution in [0.2, 0.25) is 0 Å². The van der Waals surface area contributed by atoms with Crippen LogP contribution in [0.4, 0.5) is 5.69 Å². The zero-order valence-corrected chi connectivity index (χ0v) is 14.8. The molecule has 4 nitrogen and oxygen atoms in total. The Labute approximate surface area is 135 Å².